The number of nitrogens with zero attached hydrogens (tertiary/aromatic N) is 2. The molecule has 0 aliphatic heterocycles. The van der Waals surface area contributed by atoms with E-state index in [4.69, 9.17) is 17.3 Å². The van der Waals surface area contributed by atoms with Crippen LogP contribution in [-0.4, -0.2) is 15.5 Å². The Hall–Kier alpha value is -2.33. The summed E-state index contributed by atoms with van der Waals surface area (Å²) in [6.07, 6.45) is 3.40. The molecule has 3 rings (SSSR count). The van der Waals surface area contributed by atoms with E-state index in [-0.39, 0.29) is 0 Å². The number of hydrogen-bond acceptors (Lipinski definition) is 2. The van der Waals surface area contributed by atoms with Gasteiger partial charge in [0.1, 0.15) is 5.52 Å². The molecule has 0 fully saturated rings. The Bertz CT molecular complexity index is 777. The van der Waals surface area contributed by atoms with Crippen molar-refractivity contribution in [3.63, 3.8) is 0 Å². The molecule has 1 amide bonds. The van der Waals surface area contributed by atoms with Crippen molar-refractivity contribution in [2.75, 3.05) is 0 Å². The van der Waals surface area contributed by atoms with Crippen LogP contribution in [0.25, 0.3) is 11.0 Å². The smallest absolute Gasteiger partial charge is 0.252 e. The third-order valence-corrected chi connectivity index (χ3v) is 3.42. The number of primary amides is 1. The van der Waals surface area contributed by atoms with E-state index in [1.807, 2.05) is 41.0 Å². The second-order valence-corrected chi connectivity index (χ2v) is 4.97. The Morgan fingerprint density at radius 3 is 2.70 bits per heavy atom. The van der Waals surface area contributed by atoms with Gasteiger partial charge in [-0.05, 0) is 29.8 Å². The maximum absolute atomic E-state index is 11.5. The lowest BCUT2D eigenvalue weighted by Gasteiger charge is -2.05. The van der Waals surface area contributed by atoms with Crippen molar-refractivity contribution in [1.29, 1.82) is 0 Å². The first-order valence-corrected chi connectivity index (χ1v) is 6.51. The molecule has 5 heteroatoms. The minimum atomic E-state index is -0.469. The molecule has 2 heterocycles. The number of nitrogens with two attached hydrogens (primary N) is 1. The largest absolute Gasteiger partial charge is 0.365 e. The zero-order valence-corrected chi connectivity index (χ0v) is 11.3. The number of carbonyl (C=O) groups is 1. The van der Waals surface area contributed by atoms with E-state index in [0.29, 0.717) is 22.6 Å². The minimum Gasteiger partial charge on any atom is -0.365 e. The molecule has 2 aromatic heterocycles. The number of carbonyl (C=O) groups excluding carboxylic acids is 1. The average Bonchev–Trinajstić information content (AvgIpc) is 2.81. The van der Waals surface area contributed by atoms with Crippen molar-refractivity contribution in [2.24, 2.45) is 5.73 Å². The highest BCUT2D eigenvalue weighted by atomic mass is 35.5. The maximum Gasteiger partial charge on any atom is 0.252 e. The summed E-state index contributed by atoms with van der Waals surface area (Å²) >= 11 is 5.88. The molecule has 3 aromatic rings. The van der Waals surface area contributed by atoms with Crippen LogP contribution in [0, 0.1) is 0 Å². The number of amides is 1. The van der Waals surface area contributed by atoms with Gasteiger partial charge >= 0.3 is 0 Å². The first-order chi connectivity index (χ1) is 9.65. The van der Waals surface area contributed by atoms with Gasteiger partial charge in [-0.25, -0.2) is 0 Å². The first-order valence-electron chi connectivity index (χ1n) is 6.13. The van der Waals surface area contributed by atoms with E-state index in [2.05, 4.69) is 4.98 Å². The predicted molar refractivity (Wildman–Crippen MR) is 78.8 cm³/mol. The van der Waals surface area contributed by atoms with E-state index in [1.54, 1.807) is 12.4 Å². The van der Waals surface area contributed by atoms with Gasteiger partial charge in [-0.2, -0.15) is 0 Å². The summed E-state index contributed by atoms with van der Waals surface area (Å²) in [5.41, 5.74) is 8.44. The number of fused-ring (bicyclic) bond motifs is 1. The third kappa shape index (κ3) is 2.26. The van der Waals surface area contributed by atoms with Crippen LogP contribution in [0.2, 0.25) is 5.02 Å². The van der Waals surface area contributed by atoms with Crippen molar-refractivity contribution < 1.29 is 4.79 Å². The summed E-state index contributed by atoms with van der Waals surface area (Å²) in [4.78, 5) is 15.7. The first kappa shape index (κ1) is 12.7. The van der Waals surface area contributed by atoms with Crippen LogP contribution in [0.3, 0.4) is 0 Å². The van der Waals surface area contributed by atoms with Crippen molar-refractivity contribution >= 4 is 28.5 Å². The highest BCUT2D eigenvalue weighted by Gasteiger charge is 2.13. The van der Waals surface area contributed by atoms with Crippen LogP contribution in [0.1, 0.15) is 15.9 Å². The average molecular weight is 286 g/mol. The van der Waals surface area contributed by atoms with Gasteiger partial charge in [-0.1, -0.05) is 23.7 Å². The molecule has 0 atom stereocenters. The Balaban J connectivity index is 2.07. The number of hydrogen-bond donors (Lipinski definition) is 1. The van der Waals surface area contributed by atoms with Gasteiger partial charge in [-0.3, -0.25) is 9.78 Å². The summed E-state index contributed by atoms with van der Waals surface area (Å²) in [6.45, 7) is 0.632. The molecule has 0 bridgehead atoms. The zero-order chi connectivity index (χ0) is 14.1. The maximum atomic E-state index is 11.5. The Morgan fingerprint density at radius 1 is 1.25 bits per heavy atom. The van der Waals surface area contributed by atoms with Gasteiger partial charge in [-0.15, -0.1) is 0 Å². The molecule has 100 valence electrons. The molecule has 0 saturated heterocycles. The van der Waals surface area contributed by atoms with Crippen LogP contribution in [0.5, 0.6) is 0 Å². The van der Waals surface area contributed by atoms with Gasteiger partial charge in [0.25, 0.3) is 5.91 Å². The van der Waals surface area contributed by atoms with Crippen LogP contribution in [-0.2, 0) is 6.54 Å². The van der Waals surface area contributed by atoms with Gasteiger partial charge in [0, 0.05) is 24.0 Å². The molecule has 0 unspecified atom stereocenters. The predicted octanol–water partition coefficient (Wildman–Crippen LogP) is 2.84. The molecule has 0 radical (unpaired) electrons. The second kappa shape index (κ2) is 4.98. The van der Waals surface area contributed by atoms with Crippen LogP contribution in [0.4, 0.5) is 0 Å². The van der Waals surface area contributed by atoms with E-state index in [1.165, 1.54) is 0 Å². The highest BCUT2D eigenvalue weighted by molar-refractivity contribution is 6.30. The molecule has 1 aromatic carbocycles. The Labute approximate surface area is 120 Å². The molecule has 2 N–H and O–H groups in total. The monoisotopic (exact) mass is 285 g/mol. The van der Waals surface area contributed by atoms with E-state index in [9.17, 15) is 4.79 Å². The summed E-state index contributed by atoms with van der Waals surface area (Å²) in [5.74, 6) is -0.469. The van der Waals surface area contributed by atoms with Crippen LogP contribution >= 0.6 is 11.6 Å². The molecule has 4 nitrogen and oxygen atoms in total. The fraction of sp³-hybridized carbons (Fsp3) is 0.0667. The molecular formula is C15H12ClN3O. The zero-order valence-electron chi connectivity index (χ0n) is 10.6. The van der Waals surface area contributed by atoms with Crippen molar-refractivity contribution in [1.82, 2.24) is 9.55 Å². The molecule has 0 spiro atoms. The lowest BCUT2D eigenvalue weighted by molar-refractivity contribution is 0.100. The van der Waals surface area contributed by atoms with Crippen molar-refractivity contribution in [3.05, 3.63) is 64.9 Å². The van der Waals surface area contributed by atoms with E-state index >= 15 is 0 Å². The SMILES string of the molecule is NC(=O)c1cn(Cc2ccc(Cl)cc2)c2cccnc12. The second-order valence-electron chi connectivity index (χ2n) is 4.53. The standard InChI is InChI=1S/C15H12ClN3O/c16-11-5-3-10(4-6-11)8-19-9-12(15(17)20)14-13(19)2-1-7-18-14/h1-7,9H,8H2,(H2,17,20). The third-order valence-electron chi connectivity index (χ3n) is 3.17. The highest BCUT2D eigenvalue weighted by Crippen LogP contribution is 2.20. The van der Waals surface area contributed by atoms with Crippen molar-refractivity contribution in [3.8, 4) is 0 Å². The fourth-order valence-corrected chi connectivity index (χ4v) is 2.35. The summed E-state index contributed by atoms with van der Waals surface area (Å²) < 4.78 is 1.96. The summed E-state index contributed by atoms with van der Waals surface area (Å²) in [6, 6.07) is 11.4. The van der Waals surface area contributed by atoms with Crippen LogP contribution in [0.15, 0.2) is 48.8 Å². The van der Waals surface area contributed by atoms with E-state index in [0.717, 1.165) is 11.1 Å². The lowest BCUT2D eigenvalue weighted by Crippen LogP contribution is -2.10. The molecule has 20 heavy (non-hydrogen) atoms. The number of aromatic nitrogens is 2. The van der Waals surface area contributed by atoms with Crippen LogP contribution < -0.4 is 5.73 Å². The van der Waals surface area contributed by atoms with Gasteiger partial charge < -0.3 is 10.3 Å². The summed E-state index contributed by atoms with van der Waals surface area (Å²) in [5, 5.41) is 0.700. The fourth-order valence-electron chi connectivity index (χ4n) is 2.22. The quantitative estimate of drug-likeness (QED) is 0.804. The van der Waals surface area contributed by atoms with Gasteiger partial charge in [0.05, 0.1) is 11.1 Å². The minimum absolute atomic E-state index is 0.439. The molecular weight excluding hydrogens is 274 g/mol. The molecule has 0 aliphatic rings. The Morgan fingerprint density at radius 2 is 2.00 bits per heavy atom. The van der Waals surface area contributed by atoms with Gasteiger partial charge in [0.2, 0.25) is 0 Å². The van der Waals surface area contributed by atoms with Gasteiger partial charge in [0.15, 0.2) is 0 Å². The molecule has 0 saturated carbocycles. The number of benzene rings is 1. The van der Waals surface area contributed by atoms with E-state index < -0.39 is 5.91 Å². The number of halogens is 1. The molecule has 0 aliphatic carbocycles. The topological polar surface area (TPSA) is 60.9 Å². The van der Waals surface area contributed by atoms with Crippen molar-refractivity contribution in [2.45, 2.75) is 6.54 Å². The number of rotatable bonds is 3. The summed E-state index contributed by atoms with van der Waals surface area (Å²) in [7, 11) is 0. The number of pyridine rings is 1. The lowest BCUT2D eigenvalue weighted by atomic mass is 10.2. The normalized spacial score (nSPS) is 10.8. The Kier molecular flexibility index (Phi) is 3.16.